The van der Waals surface area contributed by atoms with Crippen molar-refractivity contribution in [3.8, 4) is 0 Å². The fourth-order valence-corrected chi connectivity index (χ4v) is 3.18. The van der Waals surface area contributed by atoms with Crippen molar-refractivity contribution in [3.63, 3.8) is 0 Å². The van der Waals surface area contributed by atoms with Gasteiger partial charge in [0.25, 0.3) is 5.91 Å². The Bertz CT molecular complexity index is 738. The third-order valence-corrected chi connectivity index (χ3v) is 4.70. The number of hydrogen-bond acceptors (Lipinski definition) is 4. The van der Waals surface area contributed by atoms with Crippen LogP contribution in [0.2, 0.25) is 0 Å². The minimum absolute atomic E-state index is 0.175. The van der Waals surface area contributed by atoms with E-state index in [1.165, 1.54) is 30.1 Å². The van der Waals surface area contributed by atoms with Gasteiger partial charge in [0.1, 0.15) is 0 Å². The molecule has 1 fully saturated rings. The summed E-state index contributed by atoms with van der Waals surface area (Å²) in [7, 11) is 0. The van der Waals surface area contributed by atoms with E-state index in [-0.39, 0.29) is 18.1 Å². The molecule has 0 bridgehead atoms. The summed E-state index contributed by atoms with van der Waals surface area (Å²) in [5.41, 5.74) is 1.58. The molecule has 0 atom stereocenters. The summed E-state index contributed by atoms with van der Waals surface area (Å²) in [5, 5.41) is 11.0. The molecule has 0 radical (unpaired) electrons. The Labute approximate surface area is 152 Å². The Kier molecular flexibility index (Phi) is 5.84. The average molecular weight is 354 g/mol. The van der Waals surface area contributed by atoms with Crippen LogP contribution >= 0.6 is 0 Å². The number of aromatic nitrogens is 1. The van der Waals surface area contributed by atoms with Gasteiger partial charge >= 0.3 is 5.97 Å². The predicted octanol–water partition coefficient (Wildman–Crippen LogP) is 1.96. The van der Waals surface area contributed by atoms with Crippen molar-refractivity contribution in [1.29, 1.82) is 0 Å². The first-order chi connectivity index (χ1) is 12.6. The molecule has 2 heterocycles. The third-order valence-electron chi connectivity index (χ3n) is 4.70. The van der Waals surface area contributed by atoms with E-state index in [9.17, 15) is 14.8 Å². The quantitative estimate of drug-likeness (QED) is 0.467. The number of nitrogens with zero attached hydrogens (tertiary/aromatic N) is 2. The van der Waals surface area contributed by atoms with E-state index in [2.05, 4.69) is 12.1 Å². The maximum atomic E-state index is 12.2. The number of likely N-dealkylation sites (tertiary alicyclic amines) is 1. The highest BCUT2D eigenvalue weighted by Crippen LogP contribution is 2.21. The third kappa shape index (κ3) is 4.81. The Morgan fingerprint density at radius 1 is 1.08 bits per heavy atom. The molecule has 0 saturated carbocycles. The first-order valence-electron chi connectivity index (χ1n) is 8.79. The van der Waals surface area contributed by atoms with Crippen molar-refractivity contribution >= 4 is 11.9 Å². The van der Waals surface area contributed by atoms with Gasteiger partial charge in [0.05, 0.1) is 5.56 Å². The fourth-order valence-electron chi connectivity index (χ4n) is 3.18. The van der Waals surface area contributed by atoms with Gasteiger partial charge in [0, 0.05) is 25.2 Å². The number of benzene rings is 1. The Hall–Kier alpha value is -2.89. The van der Waals surface area contributed by atoms with Crippen LogP contribution in [0.1, 0.15) is 28.8 Å². The molecule has 0 N–H and O–H groups in total. The van der Waals surface area contributed by atoms with Gasteiger partial charge in [0.2, 0.25) is 0 Å². The molecular formula is C20H22N2O4. The molecule has 6 heteroatoms. The van der Waals surface area contributed by atoms with Crippen LogP contribution in [0.3, 0.4) is 0 Å². The Morgan fingerprint density at radius 3 is 2.38 bits per heavy atom. The van der Waals surface area contributed by atoms with Gasteiger partial charge in [-0.05, 0) is 30.7 Å². The van der Waals surface area contributed by atoms with E-state index in [0.717, 1.165) is 19.3 Å². The fraction of sp³-hybridized carbons (Fsp3) is 0.350. The summed E-state index contributed by atoms with van der Waals surface area (Å²) in [5.74, 6) is -0.198. The molecule has 0 unspecified atom stereocenters. The number of pyridine rings is 1. The van der Waals surface area contributed by atoms with Crippen LogP contribution in [0, 0.1) is 11.1 Å². The van der Waals surface area contributed by atoms with Gasteiger partial charge in [0.15, 0.2) is 19.0 Å². The summed E-state index contributed by atoms with van der Waals surface area (Å²) in [6.45, 7) is 1.11. The van der Waals surface area contributed by atoms with Crippen LogP contribution < -0.4 is 4.73 Å². The van der Waals surface area contributed by atoms with Gasteiger partial charge in [-0.2, -0.15) is 4.73 Å². The van der Waals surface area contributed by atoms with E-state index < -0.39 is 5.97 Å². The maximum absolute atomic E-state index is 12.2. The molecule has 0 spiro atoms. The van der Waals surface area contributed by atoms with Crippen molar-refractivity contribution in [2.75, 3.05) is 19.7 Å². The molecule has 1 saturated heterocycles. The van der Waals surface area contributed by atoms with Crippen LogP contribution in [0.25, 0.3) is 0 Å². The highest BCUT2D eigenvalue weighted by molar-refractivity contribution is 5.91. The van der Waals surface area contributed by atoms with Crippen molar-refractivity contribution in [2.45, 2.75) is 19.3 Å². The molecule has 1 aromatic heterocycles. The lowest BCUT2D eigenvalue weighted by Gasteiger charge is -2.32. The van der Waals surface area contributed by atoms with Gasteiger partial charge < -0.3 is 14.8 Å². The lowest BCUT2D eigenvalue weighted by Crippen LogP contribution is -2.41. The Morgan fingerprint density at radius 2 is 1.73 bits per heavy atom. The van der Waals surface area contributed by atoms with Crippen LogP contribution in [0.15, 0.2) is 54.9 Å². The normalized spacial score (nSPS) is 14.8. The summed E-state index contributed by atoms with van der Waals surface area (Å²) in [4.78, 5) is 25.9. The van der Waals surface area contributed by atoms with Gasteiger partial charge in [-0.15, -0.1) is 0 Å². The monoisotopic (exact) mass is 354 g/mol. The molecule has 1 amide bonds. The SMILES string of the molecule is O=C(OCC(=O)N1CCC(Cc2ccccc2)CC1)c1cc[n+]([O-])cc1. The highest BCUT2D eigenvalue weighted by atomic mass is 16.5. The summed E-state index contributed by atoms with van der Waals surface area (Å²) < 4.78 is 5.65. The number of ether oxygens (including phenoxy) is 1. The number of carbonyl (C=O) groups excluding carboxylic acids is 2. The van der Waals surface area contributed by atoms with Gasteiger partial charge in [-0.3, -0.25) is 4.79 Å². The molecular weight excluding hydrogens is 332 g/mol. The van der Waals surface area contributed by atoms with Crippen molar-refractivity contribution in [2.24, 2.45) is 5.92 Å². The summed E-state index contributed by atoms with van der Waals surface area (Å²) in [6, 6.07) is 13.1. The van der Waals surface area contributed by atoms with Gasteiger partial charge in [-0.25, -0.2) is 4.79 Å². The molecule has 136 valence electrons. The van der Waals surface area contributed by atoms with Crippen molar-refractivity contribution in [3.05, 3.63) is 71.2 Å². The standard InChI is InChI=1S/C20H22N2O4/c23-19(15-26-20(24)18-8-12-22(25)13-9-18)21-10-6-17(7-11-21)14-16-4-2-1-3-5-16/h1-5,8-9,12-13,17H,6-7,10-11,14-15H2. The number of esters is 1. The van der Waals surface area contributed by atoms with Crippen molar-refractivity contribution in [1.82, 2.24) is 4.90 Å². The lowest BCUT2D eigenvalue weighted by molar-refractivity contribution is -0.605. The number of carbonyl (C=O) groups is 2. The molecule has 1 aliphatic rings. The number of hydrogen-bond donors (Lipinski definition) is 0. The molecule has 6 nitrogen and oxygen atoms in total. The van der Waals surface area contributed by atoms with E-state index in [1.54, 1.807) is 4.90 Å². The molecule has 3 rings (SSSR count). The zero-order chi connectivity index (χ0) is 18.4. The summed E-state index contributed by atoms with van der Waals surface area (Å²) in [6.07, 6.45) is 5.38. The number of amides is 1. The number of piperidine rings is 1. The molecule has 2 aromatic rings. The maximum Gasteiger partial charge on any atom is 0.339 e. The smallest absolute Gasteiger partial charge is 0.339 e. The lowest BCUT2D eigenvalue weighted by atomic mass is 9.90. The zero-order valence-corrected chi connectivity index (χ0v) is 14.5. The highest BCUT2D eigenvalue weighted by Gasteiger charge is 2.23. The van der Waals surface area contributed by atoms with Crippen LogP contribution in [-0.2, 0) is 16.0 Å². The second kappa shape index (κ2) is 8.47. The topological polar surface area (TPSA) is 73.6 Å². The predicted molar refractivity (Wildman–Crippen MR) is 95.1 cm³/mol. The van der Waals surface area contributed by atoms with Crippen molar-refractivity contribution < 1.29 is 19.1 Å². The minimum atomic E-state index is -0.599. The summed E-state index contributed by atoms with van der Waals surface area (Å²) >= 11 is 0. The zero-order valence-electron chi connectivity index (χ0n) is 14.5. The average Bonchev–Trinajstić information content (AvgIpc) is 2.68. The molecule has 26 heavy (non-hydrogen) atoms. The first kappa shape index (κ1) is 17.9. The van der Waals surface area contributed by atoms with E-state index >= 15 is 0 Å². The molecule has 0 aliphatic carbocycles. The molecule has 1 aliphatic heterocycles. The van der Waals surface area contributed by atoms with E-state index in [0.29, 0.717) is 23.7 Å². The van der Waals surface area contributed by atoms with E-state index in [4.69, 9.17) is 4.74 Å². The van der Waals surface area contributed by atoms with Crippen LogP contribution in [0.4, 0.5) is 0 Å². The first-order valence-corrected chi connectivity index (χ1v) is 8.79. The van der Waals surface area contributed by atoms with Crippen LogP contribution in [-0.4, -0.2) is 36.5 Å². The second-order valence-electron chi connectivity index (χ2n) is 6.54. The molecule has 1 aromatic carbocycles. The Balaban J connectivity index is 1.42. The van der Waals surface area contributed by atoms with E-state index in [1.807, 2.05) is 18.2 Å². The largest absolute Gasteiger partial charge is 0.619 e. The van der Waals surface area contributed by atoms with Crippen LogP contribution in [0.5, 0.6) is 0 Å². The minimum Gasteiger partial charge on any atom is -0.619 e. The second-order valence-corrected chi connectivity index (χ2v) is 6.54. The van der Waals surface area contributed by atoms with Gasteiger partial charge in [-0.1, -0.05) is 30.3 Å². The number of rotatable bonds is 5.